The number of nitrogens with one attached hydrogen (secondary N) is 1. The van der Waals surface area contributed by atoms with E-state index in [0.717, 1.165) is 17.7 Å². The lowest BCUT2D eigenvalue weighted by atomic mass is 10.0. The van der Waals surface area contributed by atoms with E-state index in [1.54, 1.807) is 0 Å². The Morgan fingerprint density at radius 1 is 1.06 bits per heavy atom. The molecule has 1 heterocycles. The van der Waals surface area contributed by atoms with Gasteiger partial charge >= 0.3 is 0 Å². The molecule has 0 aliphatic heterocycles. The van der Waals surface area contributed by atoms with E-state index in [1.807, 2.05) is 44.2 Å². The minimum atomic E-state index is 0.0356. The zero-order valence-corrected chi connectivity index (χ0v) is 10.2. The highest BCUT2D eigenvalue weighted by atomic mass is 16.1. The van der Waals surface area contributed by atoms with Gasteiger partial charge in [0, 0.05) is 17.7 Å². The molecule has 1 aromatic carbocycles. The number of benzene rings is 1. The van der Waals surface area contributed by atoms with E-state index in [0.29, 0.717) is 0 Å². The van der Waals surface area contributed by atoms with Gasteiger partial charge in [0.25, 0.3) is 5.56 Å². The first-order valence-electron chi connectivity index (χ1n) is 5.93. The molecule has 0 saturated carbocycles. The molecule has 0 unspecified atom stereocenters. The van der Waals surface area contributed by atoms with Gasteiger partial charge in [-0.2, -0.15) is 0 Å². The molecule has 0 spiro atoms. The molecule has 0 radical (unpaired) electrons. The summed E-state index contributed by atoms with van der Waals surface area (Å²) in [7, 11) is 0. The molecule has 2 aromatic rings. The highest BCUT2D eigenvalue weighted by molar-refractivity contribution is 5.24. The molecule has 2 nitrogen and oxygen atoms in total. The maximum absolute atomic E-state index is 11.8. The van der Waals surface area contributed by atoms with Gasteiger partial charge in [0.15, 0.2) is 0 Å². The molecular formula is C15H17NO. The van der Waals surface area contributed by atoms with Crippen molar-refractivity contribution in [3.05, 3.63) is 69.6 Å². The molecule has 0 aliphatic rings. The molecule has 0 bridgehead atoms. The Morgan fingerprint density at radius 3 is 2.35 bits per heavy atom. The van der Waals surface area contributed by atoms with Gasteiger partial charge < -0.3 is 4.98 Å². The standard InChI is InChI=1S/C15H17NO/c1-11(2)14-9-8-13(16-15(14)17)10-12-6-4-3-5-7-12/h3-9,11H,10H2,1-2H3,(H,16,17). The molecule has 0 saturated heterocycles. The summed E-state index contributed by atoms with van der Waals surface area (Å²) >= 11 is 0. The summed E-state index contributed by atoms with van der Waals surface area (Å²) in [6.45, 7) is 4.06. The molecule has 0 amide bonds. The first-order valence-corrected chi connectivity index (χ1v) is 5.93. The van der Waals surface area contributed by atoms with Gasteiger partial charge in [0.2, 0.25) is 0 Å². The van der Waals surface area contributed by atoms with Crippen molar-refractivity contribution in [2.45, 2.75) is 26.2 Å². The van der Waals surface area contributed by atoms with Gasteiger partial charge in [0.1, 0.15) is 0 Å². The van der Waals surface area contributed by atoms with Crippen LogP contribution < -0.4 is 5.56 Å². The Balaban J connectivity index is 2.24. The van der Waals surface area contributed by atoms with Crippen LogP contribution in [0.1, 0.15) is 36.6 Å². The molecule has 0 aliphatic carbocycles. The Hall–Kier alpha value is -1.83. The SMILES string of the molecule is CC(C)c1ccc(Cc2ccccc2)[nH]c1=O. The van der Waals surface area contributed by atoms with E-state index in [4.69, 9.17) is 0 Å². The van der Waals surface area contributed by atoms with Gasteiger partial charge in [-0.25, -0.2) is 0 Å². The highest BCUT2D eigenvalue weighted by Gasteiger charge is 2.05. The second kappa shape index (κ2) is 5.00. The third-order valence-electron chi connectivity index (χ3n) is 2.86. The summed E-state index contributed by atoms with van der Waals surface area (Å²) in [6.07, 6.45) is 0.772. The first kappa shape index (κ1) is 11.6. The maximum Gasteiger partial charge on any atom is 0.251 e. The van der Waals surface area contributed by atoms with E-state index in [-0.39, 0.29) is 11.5 Å². The second-order valence-corrected chi connectivity index (χ2v) is 4.59. The number of aromatic nitrogens is 1. The van der Waals surface area contributed by atoms with Crippen LogP contribution in [0.5, 0.6) is 0 Å². The van der Waals surface area contributed by atoms with Crippen LogP contribution in [0, 0.1) is 0 Å². The number of H-pyrrole nitrogens is 1. The molecule has 1 N–H and O–H groups in total. The zero-order valence-electron chi connectivity index (χ0n) is 10.2. The highest BCUT2D eigenvalue weighted by Crippen LogP contribution is 2.10. The largest absolute Gasteiger partial charge is 0.326 e. The van der Waals surface area contributed by atoms with Crippen LogP contribution >= 0.6 is 0 Å². The summed E-state index contributed by atoms with van der Waals surface area (Å²) in [5, 5.41) is 0. The number of hydrogen-bond acceptors (Lipinski definition) is 1. The molecule has 0 fully saturated rings. The van der Waals surface area contributed by atoms with Crippen molar-refractivity contribution in [3.63, 3.8) is 0 Å². The fourth-order valence-corrected chi connectivity index (χ4v) is 1.90. The van der Waals surface area contributed by atoms with Gasteiger partial charge in [-0.05, 0) is 17.5 Å². The molecule has 0 atom stereocenters. The van der Waals surface area contributed by atoms with Gasteiger partial charge in [-0.15, -0.1) is 0 Å². The van der Waals surface area contributed by atoms with E-state index >= 15 is 0 Å². The molecule has 2 rings (SSSR count). The Labute approximate surface area is 101 Å². The number of pyridine rings is 1. The van der Waals surface area contributed by atoms with E-state index in [9.17, 15) is 4.79 Å². The lowest BCUT2D eigenvalue weighted by molar-refractivity contribution is 0.836. The minimum Gasteiger partial charge on any atom is -0.326 e. The summed E-state index contributed by atoms with van der Waals surface area (Å²) < 4.78 is 0. The number of hydrogen-bond donors (Lipinski definition) is 1. The van der Waals surface area contributed by atoms with Gasteiger partial charge in [0.05, 0.1) is 0 Å². The lowest BCUT2D eigenvalue weighted by Crippen LogP contribution is -2.15. The quantitative estimate of drug-likeness (QED) is 0.858. The number of aromatic amines is 1. The van der Waals surface area contributed by atoms with E-state index < -0.39 is 0 Å². The van der Waals surface area contributed by atoms with Crippen LogP contribution in [0.2, 0.25) is 0 Å². The fraction of sp³-hybridized carbons (Fsp3) is 0.267. The van der Waals surface area contributed by atoms with Crippen molar-refractivity contribution >= 4 is 0 Å². The normalized spacial score (nSPS) is 10.8. The summed E-state index contributed by atoms with van der Waals surface area (Å²) in [6, 6.07) is 14.1. The van der Waals surface area contributed by atoms with Crippen molar-refractivity contribution < 1.29 is 0 Å². The lowest BCUT2D eigenvalue weighted by Gasteiger charge is -2.06. The van der Waals surface area contributed by atoms with Crippen LogP contribution in [0.3, 0.4) is 0 Å². The Bertz CT molecular complexity index is 540. The molecule has 17 heavy (non-hydrogen) atoms. The first-order chi connectivity index (χ1) is 8.16. The average Bonchev–Trinajstić information content (AvgIpc) is 2.30. The van der Waals surface area contributed by atoms with Crippen molar-refractivity contribution in [2.75, 3.05) is 0 Å². The monoisotopic (exact) mass is 227 g/mol. The molecule has 88 valence electrons. The van der Waals surface area contributed by atoms with E-state index in [2.05, 4.69) is 17.1 Å². The van der Waals surface area contributed by atoms with Gasteiger partial charge in [-0.1, -0.05) is 50.2 Å². The smallest absolute Gasteiger partial charge is 0.251 e. The van der Waals surface area contributed by atoms with Crippen LogP contribution in [0.4, 0.5) is 0 Å². The summed E-state index contributed by atoms with van der Waals surface area (Å²) in [5.41, 5.74) is 3.06. The van der Waals surface area contributed by atoms with Crippen molar-refractivity contribution in [3.8, 4) is 0 Å². The number of rotatable bonds is 3. The molecule has 2 heteroatoms. The van der Waals surface area contributed by atoms with Crippen molar-refractivity contribution in [1.82, 2.24) is 4.98 Å². The summed E-state index contributed by atoms with van der Waals surface area (Å²) in [5.74, 6) is 0.268. The van der Waals surface area contributed by atoms with Crippen LogP contribution in [0.25, 0.3) is 0 Å². The van der Waals surface area contributed by atoms with E-state index in [1.165, 1.54) is 5.56 Å². The third kappa shape index (κ3) is 2.84. The Kier molecular flexibility index (Phi) is 3.43. The molecule has 1 aromatic heterocycles. The molecular weight excluding hydrogens is 210 g/mol. The maximum atomic E-state index is 11.8. The third-order valence-corrected chi connectivity index (χ3v) is 2.86. The zero-order chi connectivity index (χ0) is 12.3. The van der Waals surface area contributed by atoms with Crippen molar-refractivity contribution in [2.24, 2.45) is 0 Å². The van der Waals surface area contributed by atoms with Crippen LogP contribution in [0.15, 0.2) is 47.3 Å². The van der Waals surface area contributed by atoms with Crippen molar-refractivity contribution in [1.29, 1.82) is 0 Å². The second-order valence-electron chi connectivity index (χ2n) is 4.59. The fourth-order valence-electron chi connectivity index (χ4n) is 1.90. The minimum absolute atomic E-state index is 0.0356. The Morgan fingerprint density at radius 2 is 1.76 bits per heavy atom. The van der Waals surface area contributed by atoms with Crippen LogP contribution in [-0.2, 0) is 6.42 Å². The predicted molar refractivity (Wildman–Crippen MR) is 70.4 cm³/mol. The topological polar surface area (TPSA) is 32.9 Å². The summed E-state index contributed by atoms with van der Waals surface area (Å²) in [4.78, 5) is 14.8. The van der Waals surface area contributed by atoms with Gasteiger partial charge in [-0.3, -0.25) is 4.79 Å². The average molecular weight is 227 g/mol. The van der Waals surface area contributed by atoms with Crippen LogP contribution in [-0.4, -0.2) is 4.98 Å². The predicted octanol–water partition coefficient (Wildman–Crippen LogP) is 3.09.